The number of carbonyl (C=O) groups excluding carboxylic acids is 1. The first-order chi connectivity index (χ1) is 9.11. The summed E-state index contributed by atoms with van der Waals surface area (Å²) in [4.78, 5) is 16.3. The lowest BCUT2D eigenvalue weighted by Gasteiger charge is -2.10. The highest BCUT2D eigenvalue weighted by Gasteiger charge is 2.12. The number of rotatable bonds is 4. The van der Waals surface area contributed by atoms with Gasteiger partial charge in [0.1, 0.15) is 5.75 Å². The van der Waals surface area contributed by atoms with Crippen molar-refractivity contribution in [3.63, 3.8) is 0 Å². The van der Waals surface area contributed by atoms with Crippen molar-refractivity contribution in [1.29, 1.82) is 0 Å². The van der Waals surface area contributed by atoms with Gasteiger partial charge < -0.3 is 4.74 Å². The minimum atomic E-state index is 0.108. The van der Waals surface area contributed by atoms with E-state index in [-0.39, 0.29) is 5.78 Å². The molecule has 0 aliphatic rings. The first-order valence-electron chi connectivity index (χ1n) is 6.19. The van der Waals surface area contributed by atoms with E-state index in [0.29, 0.717) is 6.42 Å². The molecule has 3 nitrogen and oxygen atoms in total. The smallest absolute Gasteiger partial charge is 0.167 e. The van der Waals surface area contributed by atoms with Gasteiger partial charge in [-0.25, -0.2) is 0 Å². The Balaban J connectivity index is 2.27. The van der Waals surface area contributed by atoms with Gasteiger partial charge in [-0.05, 0) is 48.7 Å². The molecule has 0 bridgehead atoms. The van der Waals surface area contributed by atoms with Gasteiger partial charge in [0.05, 0.1) is 7.11 Å². The largest absolute Gasteiger partial charge is 0.496 e. The maximum absolute atomic E-state index is 12.3. The molecule has 19 heavy (non-hydrogen) atoms. The van der Waals surface area contributed by atoms with Gasteiger partial charge in [-0.2, -0.15) is 0 Å². The molecule has 1 heterocycles. The van der Waals surface area contributed by atoms with E-state index in [9.17, 15) is 4.79 Å². The Hall–Kier alpha value is -2.16. The van der Waals surface area contributed by atoms with Crippen molar-refractivity contribution in [2.75, 3.05) is 7.11 Å². The molecule has 0 radical (unpaired) electrons. The summed E-state index contributed by atoms with van der Waals surface area (Å²) in [6.45, 7) is 3.87. The molecule has 0 fully saturated rings. The number of carbonyl (C=O) groups is 1. The second-order valence-electron chi connectivity index (χ2n) is 4.60. The first-order valence-corrected chi connectivity index (χ1v) is 6.19. The molecule has 0 saturated heterocycles. The van der Waals surface area contributed by atoms with Crippen LogP contribution in [-0.2, 0) is 6.42 Å². The number of aryl methyl sites for hydroxylation is 2. The van der Waals surface area contributed by atoms with Crippen LogP contribution in [0.4, 0.5) is 0 Å². The predicted octanol–water partition coefficient (Wildman–Crippen LogP) is 3.13. The molecule has 0 amide bonds. The van der Waals surface area contributed by atoms with E-state index < -0.39 is 0 Å². The van der Waals surface area contributed by atoms with Crippen LogP contribution >= 0.6 is 0 Å². The Labute approximate surface area is 113 Å². The molecular weight excluding hydrogens is 238 g/mol. The van der Waals surface area contributed by atoms with Crippen molar-refractivity contribution in [3.05, 3.63) is 58.9 Å². The Morgan fingerprint density at radius 1 is 1.26 bits per heavy atom. The van der Waals surface area contributed by atoms with Gasteiger partial charge in [-0.15, -0.1) is 0 Å². The molecule has 3 heteroatoms. The Morgan fingerprint density at radius 2 is 2.05 bits per heavy atom. The summed E-state index contributed by atoms with van der Waals surface area (Å²) < 4.78 is 5.26. The Bertz CT molecular complexity index is 591. The minimum absolute atomic E-state index is 0.108. The van der Waals surface area contributed by atoms with Gasteiger partial charge in [-0.1, -0.05) is 6.07 Å². The first kappa shape index (κ1) is 13.3. The van der Waals surface area contributed by atoms with Crippen molar-refractivity contribution in [1.82, 2.24) is 4.98 Å². The van der Waals surface area contributed by atoms with E-state index in [4.69, 9.17) is 4.74 Å². The van der Waals surface area contributed by atoms with Crippen LogP contribution in [0.3, 0.4) is 0 Å². The number of hydrogen-bond acceptors (Lipinski definition) is 3. The van der Waals surface area contributed by atoms with Crippen LogP contribution in [0.1, 0.15) is 27.0 Å². The third-order valence-electron chi connectivity index (χ3n) is 3.13. The van der Waals surface area contributed by atoms with Gasteiger partial charge in [-0.3, -0.25) is 9.78 Å². The van der Waals surface area contributed by atoms with Gasteiger partial charge in [0.25, 0.3) is 0 Å². The van der Waals surface area contributed by atoms with Crippen LogP contribution < -0.4 is 4.74 Å². The monoisotopic (exact) mass is 255 g/mol. The van der Waals surface area contributed by atoms with Crippen molar-refractivity contribution >= 4 is 5.78 Å². The van der Waals surface area contributed by atoms with Crippen LogP contribution in [0, 0.1) is 13.8 Å². The highest BCUT2D eigenvalue weighted by molar-refractivity contribution is 5.99. The Kier molecular flexibility index (Phi) is 3.95. The molecule has 0 N–H and O–H groups in total. The van der Waals surface area contributed by atoms with Gasteiger partial charge in [0.15, 0.2) is 5.78 Å². The molecule has 1 aromatic heterocycles. The average molecular weight is 255 g/mol. The molecule has 2 aromatic rings. The van der Waals surface area contributed by atoms with Crippen molar-refractivity contribution in [2.45, 2.75) is 20.3 Å². The molecule has 1 aromatic carbocycles. The number of hydrogen-bond donors (Lipinski definition) is 0. The van der Waals surface area contributed by atoms with Gasteiger partial charge >= 0.3 is 0 Å². The number of ether oxygens (including phenoxy) is 1. The maximum atomic E-state index is 12.3. The lowest BCUT2D eigenvalue weighted by molar-refractivity contribution is 0.0992. The van der Waals surface area contributed by atoms with Gasteiger partial charge in [0.2, 0.25) is 0 Å². The van der Waals surface area contributed by atoms with E-state index in [1.165, 1.54) is 0 Å². The van der Waals surface area contributed by atoms with Crippen LogP contribution in [-0.4, -0.2) is 17.9 Å². The normalized spacial score (nSPS) is 10.3. The zero-order valence-electron chi connectivity index (χ0n) is 11.4. The quantitative estimate of drug-likeness (QED) is 0.788. The standard InChI is InChI=1S/C16H17NO2/c1-11-8-16(19-3)12(2)7-14(11)15(18)9-13-5-4-6-17-10-13/h4-8,10H,9H2,1-3H3. The number of Topliss-reactive ketones (excluding diaryl/α,β-unsaturated/α-hetero) is 1. The van der Waals surface area contributed by atoms with Crippen LogP contribution in [0.15, 0.2) is 36.7 Å². The van der Waals surface area contributed by atoms with E-state index in [2.05, 4.69) is 4.98 Å². The Morgan fingerprint density at radius 3 is 2.68 bits per heavy atom. The van der Waals surface area contributed by atoms with Crippen LogP contribution in [0.5, 0.6) is 5.75 Å². The summed E-state index contributed by atoms with van der Waals surface area (Å²) in [6, 6.07) is 7.56. The summed E-state index contributed by atoms with van der Waals surface area (Å²) in [5, 5.41) is 0. The molecule has 2 rings (SSSR count). The minimum Gasteiger partial charge on any atom is -0.496 e. The lowest BCUT2D eigenvalue weighted by atomic mass is 9.97. The topological polar surface area (TPSA) is 39.2 Å². The van der Waals surface area contributed by atoms with Crippen LogP contribution in [0.2, 0.25) is 0 Å². The van der Waals surface area contributed by atoms with Gasteiger partial charge in [0, 0.05) is 24.4 Å². The number of ketones is 1. The summed E-state index contributed by atoms with van der Waals surface area (Å²) in [6.07, 6.45) is 3.81. The molecule has 0 atom stereocenters. The molecule has 98 valence electrons. The average Bonchev–Trinajstić information content (AvgIpc) is 2.42. The zero-order chi connectivity index (χ0) is 13.8. The summed E-state index contributed by atoms with van der Waals surface area (Å²) in [7, 11) is 1.64. The summed E-state index contributed by atoms with van der Waals surface area (Å²) in [5.74, 6) is 0.923. The number of benzene rings is 1. The number of methoxy groups -OCH3 is 1. The van der Waals surface area contributed by atoms with E-state index in [0.717, 1.165) is 28.0 Å². The van der Waals surface area contributed by atoms with E-state index in [1.807, 2.05) is 38.1 Å². The third-order valence-corrected chi connectivity index (χ3v) is 3.13. The summed E-state index contributed by atoms with van der Waals surface area (Å²) >= 11 is 0. The molecule has 0 aliphatic heterocycles. The molecule has 0 unspecified atom stereocenters. The molecule has 0 saturated carbocycles. The van der Waals surface area contributed by atoms with Crippen molar-refractivity contribution in [2.24, 2.45) is 0 Å². The number of pyridine rings is 1. The fraction of sp³-hybridized carbons (Fsp3) is 0.250. The second-order valence-corrected chi connectivity index (χ2v) is 4.60. The maximum Gasteiger partial charge on any atom is 0.167 e. The predicted molar refractivity (Wildman–Crippen MR) is 74.7 cm³/mol. The highest BCUT2D eigenvalue weighted by atomic mass is 16.5. The van der Waals surface area contributed by atoms with E-state index >= 15 is 0 Å². The molecular formula is C16H17NO2. The number of nitrogens with zero attached hydrogens (tertiary/aromatic N) is 1. The SMILES string of the molecule is COc1cc(C)c(C(=O)Cc2cccnc2)cc1C. The van der Waals surface area contributed by atoms with Crippen LogP contribution in [0.25, 0.3) is 0 Å². The van der Waals surface area contributed by atoms with E-state index in [1.54, 1.807) is 19.5 Å². The third kappa shape index (κ3) is 2.99. The summed E-state index contributed by atoms with van der Waals surface area (Å²) in [5.41, 5.74) is 3.60. The molecule has 0 aliphatic carbocycles. The van der Waals surface area contributed by atoms with Crippen molar-refractivity contribution < 1.29 is 9.53 Å². The lowest BCUT2D eigenvalue weighted by Crippen LogP contribution is -2.07. The highest BCUT2D eigenvalue weighted by Crippen LogP contribution is 2.23. The second kappa shape index (κ2) is 5.65. The van der Waals surface area contributed by atoms with Crippen molar-refractivity contribution in [3.8, 4) is 5.75 Å². The molecule has 0 spiro atoms. The zero-order valence-corrected chi connectivity index (χ0v) is 11.4. The fourth-order valence-electron chi connectivity index (χ4n) is 2.09. The number of aromatic nitrogens is 1. The fourth-order valence-corrected chi connectivity index (χ4v) is 2.09.